The van der Waals surface area contributed by atoms with Crippen molar-refractivity contribution in [3.63, 3.8) is 0 Å². The molecule has 0 bridgehead atoms. The first-order valence-electron chi connectivity index (χ1n) is 11.8. The normalized spacial score (nSPS) is 13.8. The molecule has 3 heteroatoms. The van der Waals surface area contributed by atoms with E-state index in [2.05, 4.69) is 13.8 Å². The molecule has 0 nitrogen and oxygen atoms in total. The molecule has 0 unspecified atom stereocenters. The third kappa shape index (κ3) is 15.8. The summed E-state index contributed by atoms with van der Waals surface area (Å²) in [6.07, 6.45) is 7.43. The number of aryl methyl sites for hydroxylation is 3. The van der Waals surface area contributed by atoms with Gasteiger partial charge in [-0.05, 0) is 74.1 Å². The van der Waals surface area contributed by atoms with Crippen molar-refractivity contribution in [2.75, 3.05) is 0 Å². The van der Waals surface area contributed by atoms with E-state index in [1.165, 1.54) is 62.4 Å². The molecule has 0 atom stereocenters. The zero-order valence-electron chi connectivity index (χ0n) is 20.8. The summed E-state index contributed by atoms with van der Waals surface area (Å²) in [5.41, 5.74) is 2.75. The third-order valence-corrected chi connectivity index (χ3v) is 5.33. The Morgan fingerprint density at radius 2 is 1.12 bits per heavy atom. The molecule has 0 spiro atoms. The SMILES string of the molecule is CC1CC1.CC1CCC1.Cc1ccc(F)cc1.Cc1cccc(F)c1.Cc1ccccc1F. The number of hydrogen-bond acceptors (Lipinski definition) is 0. The van der Waals surface area contributed by atoms with E-state index < -0.39 is 0 Å². The Kier molecular flexibility index (Phi) is 13.9. The maximum Gasteiger partial charge on any atom is 0.126 e. The first-order valence-corrected chi connectivity index (χ1v) is 11.8. The lowest BCUT2D eigenvalue weighted by molar-refractivity contribution is 0.346. The molecule has 180 valence electrons. The van der Waals surface area contributed by atoms with Gasteiger partial charge in [0.2, 0.25) is 0 Å². The van der Waals surface area contributed by atoms with Crippen molar-refractivity contribution < 1.29 is 13.2 Å². The Morgan fingerprint density at radius 3 is 1.39 bits per heavy atom. The predicted molar refractivity (Wildman–Crippen MR) is 135 cm³/mol. The zero-order chi connectivity index (χ0) is 24.6. The molecule has 2 aliphatic rings. The van der Waals surface area contributed by atoms with Crippen LogP contribution in [-0.2, 0) is 0 Å². The second kappa shape index (κ2) is 16.1. The highest BCUT2D eigenvalue weighted by Gasteiger charge is 2.12. The minimum Gasteiger partial charge on any atom is -0.207 e. The van der Waals surface area contributed by atoms with Gasteiger partial charge in [0.05, 0.1) is 0 Å². The van der Waals surface area contributed by atoms with Gasteiger partial charge in [-0.25, -0.2) is 13.2 Å². The standard InChI is InChI=1S/3C7H7F.C5H10.C4H8/c1-6-2-4-7(8)5-3-6;1-6-3-2-4-7(8)5-6;1-6-4-2-3-5-7(6)8;1-5-3-2-4-5;1-4-2-3-4/h3*2-5H,1H3;5H,2-4H2,1H3;4H,2-3H2,1H3. The topological polar surface area (TPSA) is 0 Å². The van der Waals surface area contributed by atoms with Gasteiger partial charge < -0.3 is 0 Å². The van der Waals surface area contributed by atoms with Crippen molar-refractivity contribution in [2.45, 2.75) is 66.7 Å². The fourth-order valence-electron chi connectivity index (χ4n) is 2.47. The average Bonchev–Trinajstić information content (AvgIpc) is 3.55. The Bertz CT molecular complexity index is 835. The summed E-state index contributed by atoms with van der Waals surface area (Å²) in [7, 11) is 0. The van der Waals surface area contributed by atoms with Crippen LogP contribution in [0, 0.1) is 50.1 Å². The van der Waals surface area contributed by atoms with Crippen LogP contribution in [0.1, 0.15) is 62.6 Å². The summed E-state index contributed by atoms with van der Waals surface area (Å²) >= 11 is 0. The molecule has 0 heterocycles. The van der Waals surface area contributed by atoms with Crippen molar-refractivity contribution >= 4 is 0 Å². The lowest BCUT2D eigenvalue weighted by atomic mass is 9.88. The van der Waals surface area contributed by atoms with Gasteiger partial charge in [0, 0.05) is 0 Å². The first-order chi connectivity index (χ1) is 15.7. The summed E-state index contributed by atoms with van der Waals surface area (Å²) in [4.78, 5) is 0. The highest BCUT2D eigenvalue weighted by molar-refractivity contribution is 5.15. The van der Waals surface area contributed by atoms with Crippen LogP contribution in [0.4, 0.5) is 13.2 Å². The van der Waals surface area contributed by atoms with Gasteiger partial charge in [-0.15, -0.1) is 0 Å². The van der Waals surface area contributed by atoms with Gasteiger partial charge in [-0.3, -0.25) is 0 Å². The molecule has 0 radical (unpaired) electrons. The number of rotatable bonds is 0. The second-order valence-electron chi connectivity index (χ2n) is 9.06. The van der Waals surface area contributed by atoms with E-state index in [1.807, 2.05) is 26.0 Å². The van der Waals surface area contributed by atoms with Crippen LogP contribution in [0.25, 0.3) is 0 Å². The lowest BCUT2D eigenvalue weighted by Crippen LogP contribution is -2.04. The van der Waals surface area contributed by atoms with Crippen molar-refractivity contribution in [3.05, 3.63) is 107 Å². The Hall–Kier alpha value is -2.55. The minimum absolute atomic E-state index is 0.132. The second-order valence-corrected chi connectivity index (χ2v) is 9.06. The summed E-state index contributed by atoms with van der Waals surface area (Å²) in [5.74, 6) is 1.68. The van der Waals surface area contributed by atoms with E-state index >= 15 is 0 Å². The number of hydrogen-bond donors (Lipinski definition) is 0. The maximum absolute atomic E-state index is 12.3. The van der Waals surface area contributed by atoms with Crippen molar-refractivity contribution in [1.82, 2.24) is 0 Å². The van der Waals surface area contributed by atoms with Crippen molar-refractivity contribution in [2.24, 2.45) is 11.8 Å². The highest BCUT2D eigenvalue weighted by atomic mass is 19.1. The molecule has 2 saturated carbocycles. The molecular formula is C30H39F3. The van der Waals surface area contributed by atoms with Crippen molar-refractivity contribution in [1.29, 1.82) is 0 Å². The third-order valence-electron chi connectivity index (χ3n) is 5.33. The first kappa shape index (κ1) is 28.5. The van der Waals surface area contributed by atoms with E-state index in [9.17, 15) is 13.2 Å². The van der Waals surface area contributed by atoms with Crippen molar-refractivity contribution in [3.8, 4) is 0 Å². The van der Waals surface area contributed by atoms with E-state index in [1.54, 1.807) is 37.3 Å². The summed E-state index contributed by atoms with van der Waals surface area (Å²) in [6, 6.07) is 19.6. The molecule has 3 aromatic rings. The summed E-state index contributed by atoms with van der Waals surface area (Å²) in [6.45, 7) is 10.1. The van der Waals surface area contributed by atoms with Gasteiger partial charge in [-0.1, -0.05) is 94.0 Å². The number of halogens is 3. The molecule has 5 rings (SSSR count). The Balaban J connectivity index is 0.000000211. The Morgan fingerprint density at radius 1 is 0.576 bits per heavy atom. The highest BCUT2D eigenvalue weighted by Crippen LogP contribution is 2.26. The van der Waals surface area contributed by atoms with Gasteiger partial charge >= 0.3 is 0 Å². The Labute approximate surface area is 198 Å². The molecule has 3 aromatic carbocycles. The molecule has 2 aliphatic carbocycles. The van der Waals surface area contributed by atoms with Crippen LogP contribution in [0.15, 0.2) is 72.8 Å². The lowest BCUT2D eigenvalue weighted by Gasteiger charge is -2.18. The quantitative estimate of drug-likeness (QED) is 0.316. The van der Waals surface area contributed by atoms with Crippen LogP contribution in [-0.4, -0.2) is 0 Å². The molecule has 0 aliphatic heterocycles. The van der Waals surface area contributed by atoms with E-state index in [0.29, 0.717) is 5.56 Å². The van der Waals surface area contributed by atoms with E-state index in [0.717, 1.165) is 23.0 Å². The van der Waals surface area contributed by atoms with Gasteiger partial charge in [0.1, 0.15) is 17.5 Å². The zero-order valence-corrected chi connectivity index (χ0v) is 20.8. The van der Waals surface area contributed by atoms with Crippen LogP contribution in [0.3, 0.4) is 0 Å². The predicted octanol–water partition coefficient (Wildman–Crippen LogP) is 9.63. The molecule has 0 amide bonds. The molecule has 2 fully saturated rings. The smallest absolute Gasteiger partial charge is 0.126 e. The van der Waals surface area contributed by atoms with Gasteiger partial charge in [0.15, 0.2) is 0 Å². The van der Waals surface area contributed by atoms with Crippen LogP contribution in [0.2, 0.25) is 0 Å². The van der Waals surface area contributed by atoms with Crippen LogP contribution < -0.4 is 0 Å². The molecule has 0 saturated heterocycles. The monoisotopic (exact) mass is 456 g/mol. The number of benzene rings is 3. The van der Waals surface area contributed by atoms with Gasteiger partial charge in [-0.2, -0.15) is 0 Å². The molecule has 0 aromatic heterocycles. The average molecular weight is 457 g/mol. The van der Waals surface area contributed by atoms with Crippen LogP contribution in [0.5, 0.6) is 0 Å². The van der Waals surface area contributed by atoms with Gasteiger partial charge in [0.25, 0.3) is 0 Å². The minimum atomic E-state index is -0.171. The molecule has 0 N–H and O–H groups in total. The van der Waals surface area contributed by atoms with E-state index in [-0.39, 0.29) is 17.5 Å². The van der Waals surface area contributed by atoms with E-state index in [4.69, 9.17) is 0 Å². The maximum atomic E-state index is 12.3. The fraction of sp³-hybridized carbons (Fsp3) is 0.400. The summed E-state index contributed by atoms with van der Waals surface area (Å²) < 4.78 is 36.6. The largest absolute Gasteiger partial charge is 0.207 e. The molecule has 33 heavy (non-hydrogen) atoms. The fourth-order valence-corrected chi connectivity index (χ4v) is 2.47. The van der Waals surface area contributed by atoms with Crippen LogP contribution >= 0.6 is 0 Å². The summed E-state index contributed by atoms with van der Waals surface area (Å²) in [5, 5.41) is 0. The molecular weight excluding hydrogens is 417 g/mol.